The maximum Gasteiger partial charge on any atom is 0.279 e. The average Bonchev–Trinajstić information content (AvgIpc) is 2.46. The number of hydrogen-bond donors (Lipinski definition) is 2. The van der Waals surface area contributed by atoms with Crippen molar-refractivity contribution >= 4 is 15.7 Å². The van der Waals surface area contributed by atoms with Gasteiger partial charge in [-0.15, -0.1) is 0 Å². The number of hydroxylamine groups is 1. The van der Waals surface area contributed by atoms with E-state index in [4.69, 9.17) is 15.8 Å². The molecule has 0 spiro atoms. The van der Waals surface area contributed by atoms with Gasteiger partial charge in [0.15, 0.2) is 9.84 Å². The van der Waals surface area contributed by atoms with E-state index in [1.807, 2.05) is 13.8 Å². The van der Waals surface area contributed by atoms with E-state index >= 15 is 0 Å². The fourth-order valence-electron chi connectivity index (χ4n) is 1.97. The van der Waals surface area contributed by atoms with E-state index in [1.54, 1.807) is 0 Å². The second-order valence-electron chi connectivity index (χ2n) is 5.36. The van der Waals surface area contributed by atoms with Gasteiger partial charge in [-0.2, -0.15) is 5.17 Å². The number of benzene rings is 1. The maximum absolute atomic E-state index is 12.6. The minimum atomic E-state index is -3.95. The molecule has 1 aromatic rings. The molecule has 1 amide bonds. The summed E-state index contributed by atoms with van der Waals surface area (Å²) in [6, 6.07) is 5.72. The van der Waals surface area contributed by atoms with Crippen molar-refractivity contribution in [3.8, 4) is 5.75 Å². The van der Waals surface area contributed by atoms with Gasteiger partial charge in [-0.1, -0.05) is 13.8 Å². The number of nitrogens with two attached hydrogens (primary N) is 1. The molecule has 0 aliphatic heterocycles. The number of methoxy groups -OCH3 is 1. The molecule has 0 bridgehead atoms. The zero-order chi connectivity index (χ0) is 16.9. The smallest absolute Gasteiger partial charge is 0.279 e. The summed E-state index contributed by atoms with van der Waals surface area (Å²) in [5.41, 5.74) is 0. The summed E-state index contributed by atoms with van der Waals surface area (Å²) in [6.07, 6.45) is 0.596. The quantitative estimate of drug-likeness (QED) is 0.338. The summed E-state index contributed by atoms with van der Waals surface area (Å²) in [6.45, 7) is 3.83. The molecule has 1 atom stereocenters. The van der Waals surface area contributed by atoms with Gasteiger partial charge in [-0.25, -0.2) is 14.3 Å². The van der Waals surface area contributed by atoms with Crippen molar-refractivity contribution in [3.63, 3.8) is 0 Å². The summed E-state index contributed by atoms with van der Waals surface area (Å²) < 4.78 is 30.2. The van der Waals surface area contributed by atoms with E-state index < -0.39 is 21.0 Å². The van der Waals surface area contributed by atoms with Crippen LogP contribution in [0.3, 0.4) is 0 Å². The van der Waals surface area contributed by atoms with Crippen LogP contribution in [-0.4, -0.2) is 37.1 Å². The summed E-state index contributed by atoms with van der Waals surface area (Å²) >= 11 is 0. The third-order valence-electron chi connectivity index (χ3n) is 3.27. The Hall–Kier alpha value is -1.64. The Morgan fingerprint density at radius 3 is 2.23 bits per heavy atom. The molecule has 3 N–H and O–H groups in total. The number of rotatable bonds is 7. The molecule has 1 rings (SSSR count). The van der Waals surface area contributed by atoms with Crippen LogP contribution in [0, 0.1) is 5.92 Å². The molecule has 1 unspecified atom stereocenters. The molecule has 0 aromatic heterocycles. The zero-order valence-electron chi connectivity index (χ0n) is 12.9. The van der Waals surface area contributed by atoms with Gasteiger partial charge in [0.1, 0.15) is 11.0 Å². The van der Waals surface area contributed by atoms with Crippen molar-refractivity contribution in [2.24, 2.45) is 11.8 Å². The fraction of sp³-hybridized carbons (Fsp3) is 0.500. The van der Waals surface area contributed by atoms with E-state index in [0.717, 1.165) is 0 Å². The number of nitrogens with zero attached hydrogens (tertiary/aromatic N) is 1. The minimum Gasteiger partial charge on any atom is -0.497 e. The Labute approximate surface area is 130 Å². The molecule has 0 aliphatic rings. The number of amides is 1. The van der Waals surface area contributed by atoms with Crippen LogP contribution in [0.1, 0.15) is 26.7 Å². The molecule has 0 saturated carbocycles. The first-order chi connectivity index (χ1) is 10.2. The van der Waals surface area contributed by atoms with Crippen molar-refractivity contribution in [2.75, 3.05) is 7.11 Å². The Kier molecular flexibility index (Phi) is 6.34. The highest BCUT2D eigenvalue weighted by Crippen LogP contribution is 2.24. The summed E-state index contributed by atoms with van der Waals surface area (Å²) in [4.78, 5) is 11.9. The molecule has 7 nitrogen and oxygen atoms in total. The van der Waals surface area contributed by atoms with E-state index in [9.17, 15) is 13.2 Å². The number of hydrazine groups is 1. The predicted molar refractivity (Wildman–Crippen MR) is 80.9 cm³/mol. The van der Waals surface area contributed by atoms with Gasteiger partial charge < -0.3 is 4.74 Å². The van der Waals surface area contributed by atoms with E-state index in [-0.39, 0.29) is 22.4 Å². The number of hydrogen-bond acceptors (Lipinski definition) is 6. The van der Waals surface area contributed by atoms with Gasteiger partial charge in [0.05, 0.1) is 12.0 Å². The zero-order valence-corrected chi connectivity index (χ0v) is 13.7. The van der Waals surface area contributed by atoms with Gasteiger partial charge in [-0.3, -0.25) is 10.0 Å². The van der Waals surface area contributed by atoms with E-state index in [1.165, 1.54) is 31.4 Å². The summed E-state index contributed by atoms with van der Waals surface area (Å²) in [5.74, 6) is 4.69. The van der Waals surface area contributed by atoms with Crippen molar-refractivity contribution in [2.45, 2.75) is 36.8 Å². The first kappa shape index (κ1) is 18.4. The molecule has 0 fully saturated rings. The maximum atomic E-state index is 12.6. The number of carbonyl (C=O) groups excluding carboxylic acids is 1. The van der Waals surface area contributed by atoms with Crippen LogP contribution in [0.2, 0.25) is 0 Å². The Morgan fingerprint density at radius 2 is 1.82 bits per heavy atom. The SMILES string of the molecule is COc1ccc(S(=O)(=O)C(CCC(C)C)C(=O)N(N)O)cc1. The lowest BCUT2D eigenvalue weighted by Crippen LogP contribution is -2.45. The van der Waals surface area contributed by atoms with Gasteiger partial charge in [0, 0.05) is 0 Å². The highest BCUT2D eigenvalue weighted by molar-refractivity contribution is 7.92. The molecule has 124 valence electrons. The molecule has 8 heteroatoms. The molecule has 22 heavy (non-hydrogen) atoms. The van der Waals surface area contributed by atoms with Crippen LogP contribution in [0.25, 0.3) is 0 Å². The topological polar surface area (TPSA) is 110 Å². The van der Waals surface area contributed by atoms with Crippen molar-refractivity contribution < 1.29 is 23.2 Å². The van der Waals surface area contributed by atoms with Gasteiger partial charge in [0.2, 0.25) is 0 Å². The third kappa shape index (κ3) is 4.43. The lowest BCUT2D eigenvalue weighted by molar-refractivity contribution is -0.166. The van der Waals surface area contributed by atoms with Gasteiger partial charge >= 0.3 is 0 Å². The van der Waals surface area contributed by atoms with E-state index in [2.05, 4.69) is 0 Å². The van der Waals surface area contributed by atoms with Crippen LogP contribution in [0.4, 0.5) is 0 Å². The Balaban J connectivity index is 3.16. The Bertz CT molecular complexity index is 596. The second-order valence-corrected chi connectivity index (χ2v) is 7.49. The summed E-state index contributed by atoms with van der Waals surface area (Å²) in [7, 11) is -2.48. The molecule has 1 aromatic carbocycles. The van der Waals surface area contributed by atoms with Crippen LogP contribution in [0.5, 0.6) is 5.75 Å². The number of carbonyl (C=O) groups is 1. The normalized spacial score (nSPS) is 13.0. The van der Waals surface area contributed by atoms with Crippen molar-refractivity contribution in [1.29, 1.82) is 0 Å². The van der Waals surface area contributed by atoms with Crippen LogP contribution >= 0.6 is 0 Å². The second kappa shape index (κ2) is 7.57. The number of sulfone groups is 1. The lowest BCUT2D eigenvalue weighted by atomic mass is 10.1. The van der Waals surface area contributed by atoms with Crippen LogP contribution in [-0.2, 0) is 14.6 Å². The summed E-state index contributed by atoms with van der Waals surface area (Å²) in [5, 5.41) is 7.55. The molecule has 0 heterocycles. The Morgan fingerprint density at radius 1 is 1.27 bits per heavy atom. The first-order valence-electron chi connectivity index (χ1n) is 6.85. The lowest BCUT2D eigenvalue weighted by Gasteiger charge is -2.20. The molecule has 0 aliphatic carbocycles. The molecular formula is C14H22N2O5S. The highest BCUT2D eigenvalue weighted by atomic mass is 32.2. The molecular weight excluding hydrogens is 308 g/mol. The van der Waals surface area contributed by atoms with E-state index in [0.29, 0.717) is 12.2 Å². The monoisotopic (exact) mass is 330 g/mol. The molecule has 0 saturated heterocycles. The minimum absolute atomic E-state index is 0.0164. The van der Waals surface area contributed by atoms with Crippen LogP contribution < -0.4 is 10.6 Å². The fourth-order valence-corrected chi connectivity index (χ4v) is 3.64. The van der Waals surface area contributed by atoms with Crippen molar-refractivity contribution in [3.05, 3.63) is 24.3 Å². The standard InChI is InChI=1S/C14H22N2O5S/c1-10(2)4-9-13(14(17)16(15)18)22(19,20)12-7-5-11(21-3)6-8-12/h5-8,10,13,18H,4,9,15H2,1-3H3. The van der Waals surface area contributed by atoms with Crippen molar-refractivity contribution in [1.82, 2.24) is 5.17 Å². The molecule has 0 radical (unpaired) electrons. The highest BCUT2D eigenvalue weighted by Gasteiger charge is 2.36. The number of ether oxygens (including phenoxy) is 1. The van der Waals surface area contributed by atoms with Crippen LogP contribution in [0.15, 0.2) is 29.2 Å². The predicted octanol–water partition coefficient (Wildman–Crippen LogP) is 1.37. The largest absolute Gasteiger partial charge is 0.497 e. The first-order valence-corrected chi connectivity index (χ1v) is 8.40. The van der Waals surface area contributed by atoms with Gasteiger partial charge in [-0.05, 0) is 43.0 Å². The third-order valence-corrected chi connectivity index (χ3v) is 5.39. The average molecular weight is 330 g/mol. The van der Waals surface area contributed by atoms with Gasteiger partial charge in [0.25, 0.3) is 5.91 Å².